The molecule has 2 heterocycles. The molecule has 0 spiro atoms. The van der Waals surface area contributed by atoms with E-state index < -0.39 is 6.04 Å². The molecule has 8 heteroatoms. The van der Waals surface area contributed by atoms with Gasteiger partial charge >= 0.3 is 0 Å². The van der Waals surface area contributed by atoms with Crippen molar-refractivity contribution in [1.29, 1.82) is 16.1 Å². The molecule has 1 aliphatic heterocycles. The zero-order valence-corrected chi connectivity index (χ0v) is 12.2. The van der Waals surface area contributed by atoms with Crippen LogP contribution in [0.25, 0.3) is 0 Å². The van der Waals surface area contributed by atoms with Gasteiger partial charge in [0, 0.05) is 25.8 Å². The van der Waals surface area contributed by atoms with Crippen LogP contribution in [0.4, 0.5) is 0 Å². The van der Waals surface area contributed by atoms with Gasteiger partial charge in [0.15, 0.2) is 0 Å². The fraction of sp³-hybridized carbons (Fsp3) is 0.429. The van der Waals surface area contributed by atoms with Crippen LogP contribution in [0.3, 0.4) is 0 Å². The van der Waals surface area contributed by atoms with E-state index in [1.807, 2.05) is 0 Å². The third-order valence-electron chi connectivity index (χ3n) is 3.71. The third-order valence-corrected chi connectivity index (χ3v) is 3.71. The molecule has 1 aromatic heterocycles. The lowest BCUT2D eigenvalue weighted by molar-refractivity contribution is -0.132. The number of hydrogen-bond donors (Lipinski definition) is 3. The number of carbonyl (C=O) groups is 1. The Morgan fingerprint density at radius 3 is 2.95 bits per heavy atom. The average Bonchev–Trinajstić information content (AvgIpc) is 2.99. The van der Waals surface area contributed by atoms with E-state index in [0.717, 1.165) is 6.34 Å². The van der Waals surface area contributed by atoms with Gasteiger partial charge in [0.1, 0.15) is 17.6 Å². The largest absolute Gasteiger partial charge is 0.339 e. The molecule has 1 saturated heterocycles. The fourth-order valence-electron chi connectivity index (χ4n) is 2.39. The van der Waals surface area contributed by atoms with Gasteiger partial charge in [0.2, 0.25) is 5.91 Å². The Hall–Kier alpha value is -2.66. The minimum Gasteiger partial charge on any atom is -0.339 e. The molecule has 0 aliphatic carbocycles. The van der Waals surface area contributed by atoms with Crippen molar-refractivity contribution in [2.24, 2.45) is 5.73 Å². The van der Waals surface area contributed by atoms with Crippen LogP contribution in [0.2, 0.25) is 0 Å². The summed E-state index contributed by atoms with van der Waals surface area (Å²) in [6.07, 6.45) is 3.31. The first-order chi connectivity index (χ1) is 10.6. The first-order valence-electron chi connectivity index (χ1n) is 7.01. The Morgan fingerprint density at radius 2 is 2.32 bits per heavy atom. The Bertz CT molecular complexity index is 615. The van der Waals surface area contributed by atoms with Gasteiger partial charge in [0.25, 0.3) is 0 Å². The minimum atomic E-state index is -0.659. The summed E-state index contributed by atoms with van der Waals surface area (Å²) < 4.78 is 1.77. The number of aryl methyl sites for hydroxylation is 1. The molecule has 0 bridgehead atoms. The van der Waals surface area contributed by atoms with Gasteiger partial charge in [-0.2, -0.15) is 5.26 Å². The number of rotatable bonds is 5. The maximum Gasteiger partial charge on any atom is 0.240 e. The van der Waals surface area contributed by atoms with Gasteiger partial charge in [-0.25, -0.2) is 0 Å². The van der Waals surface area contributed by atoms with Crippen LogP contribution >= 0.6 is 0 Å². The molecule has 1 aromatic rings. The highest BCUT2D eigenvalue weighted by atomic mass is 16.2. The summed E-state index contributed by atoms with van der Waals surface area (Å²) in [6, 6.07) is 4.92. The maximum atomic E-state index is 12.3. The SMILES string of the molecule is N#Cc1cccn1CCC(N)C(=O)N1CCN(C=N)C(=N)C1. The Kier molecular flexibility index (Phi) is 4.91. The van der Waals surface area contributed by atoms with Crippen LogP contribution in [0, 0.1) is 22.1 Å². The summed E-state index contributed by atoms with van der Waals surface area (Å²) in [5.41, 5.74) is 6.50. The molecule has 116 valence electrons. The minimum absolute atomic E-state index is 0.175. The van der Waals surface area contributed by atoms with Crippen molar-refractivity contribution >= 4 is 18.1 Å². The van der Waals surface area contributed by atoms with Crippen LogP contribution in [-0.2, 0) is 11.3 Å². The lowest BCUT2D eigenvalue weighted by Gasteiger charge is -2.35. The van der Waals surface area contributed by atoms with Crippen molar-refractivity contribution in [3.8, 4) is 6.07 Å². The number of aromatic nitrogens is 1. The van der Waals surface area contributed by atoms with Gasteiger partial charge in [-0.1, -0.05) is 0 Å². The second kappa shape index (κ2) is 6.87. The number of hydrogen-bond acceptors (Lipinski definition) is 5. The number of nitriles is 1. The van der Waals surface area contributed by atoms with Crippen LogP contribution in [0.15, 0.2) is 18.3 Å². The predicted octanol–water partition coefficient (Wildman–Crippen LogP) is -0.194. The first kappa shape index (κ1) is 15.7. The molecule has 0 radical (unpaired) electrons. The molecular weight excluding hydrogens is 282 g/mol. The van der Waals surface area contributed by atoms with Crippen molar-refractivity contribution < 1.29 is 4.79 Å². The smallest absolute Gasteiger partial charge is 0.240 e. The quantitative estimate of drug-likeness (QED) is 0.514. The van der Waals surface area contributed by atoms with Gasteiger partial charge in [0.05, 0.1) is 18.9 Å². The van der Waals surface area contributed by atoms with E-state index in [-0.39, 0.29) is 18.3 Å². The zero-order valence-electron chi connectivity index (χ0n) is 12.2. The summed E-state index contributed by atoms with van der Waals surface area (Å²) in [5, 5.41) is 23.9. The van der Waals surface area contributed by atoms with Crippen molar-refractivity contribution in [3.05, 3.63) is 24.0 Å². The van der Waals surface area contributed by atoms with E-state index in [0.29, 0.717) is 31.7 Å². The van der Waals surface area contributed by atoms with Gasteiger partial charge in [-0.15, -0.1) is 0 Å². The Balaban J connectivity index is 1.89. The van der Waals surface area contributed by atoms with Crippen LogP contribution in [0.1, 0.15) is 12.1 Å². The normalized spacial score (nSPS) is 16.3. The van der Waals surface area contributed by atoms with Gasteiger partial charge < -0.3 is 20.1 Å². The molecule has 1 aliphatic rings. The van der Waals surface area contributed by atoms with E-state index >= 15 is 0 Å². The van der Waals surface area contributed by atoms with E-state index in [1.54, 1.807) is 27.8 Å². The average molecular weight is 301 g/mol. The third kappa shape index (κ3) is 3.32. The number of nitrogens with zero attached hydrogens (tertiary/aromatic N) is 4. The van der Waals surface area contributed by atoms with Crippen LogP contribution < -0.4 is 5.73 Å². The number of carbonyl (C=O) groups excluding carboxylic acids is 1. The van der Waals surface area contributed by atoms with E-state index in [1.165, 1.54) is 4.90 Å². The second-order valence-corrected chi connectivity index (χ2v) is 5.12. The lowest BCUT2D eigenvalue weighted by Crippen LogP contribution is -2.55. The standard InChI is InChI=1S/C14H19N7O/c15-8-11-2-1-4-19(11)5-3-12(17)14(22)20-6-7-21(10-16)13(18)9-20/h1-2,4,10,12,16,18H,3,5-7,9,17H2. The Labute approximate surface area is 128 Å². The summed E-state index contributed by atoms with van der Waals surface area (Å²) >= 11 is 0. The van der Waals surface area contributed by atoms with E-state index in [2.05, 4.69) is 6.07 Å². The fourth-order valence-corrected chi connectivity index (χ4v) is 2.39. The highest BCUT2D eigenvalue weighted by molar-refractivity contribution is 5.94. The summed E-state index contributed by atoms with van der Waals surface area (Å²) in [7, 11) is 0. The topological polar surface area (TPSA) is 126 Å². The number of amides is 1. The molecule has 22 heavy (non-hydrogen) atoms. The van der Waals surface area contributed by atoms with E-state index in [4.69, 9.17) is 21.8 Å². The summed E-state index contributed by atoms with van der Waals surface area (Å²) in [5.74, 6) is 0.0269. The van der Waals surface area contributed by atoms with Crippen LogP contribution in [0.5, 0.6) is 0 Å². The number of nitrogens with two attached hydrogens (primary N) is 1. The molecule has 0 aromatic carbocycles. The van der Waals surface area contributed by atoms with Crippen molar-refractivity contribution in [2.45, 2.75) is 19.0 Å². The summed E-state index contributed by atoms with van der Waals surface area (Å²) in [6.45, 7) is 1.57. The predicted molar refractivity (Wildman–Crippen MR) is 81.5 cm³/mol. The maximum absolute atomic E-state index is 12.3. The number of piperazine rings is 1. The lowest BCUT2D eigenvalue weighted by atomic mass is 10.1. The number of amidine groups is 1. The zero-order chi connectivity index (χ0) is 16.1. The summed E-state index contributed by atoms with van der Waals surface area (Å²) in [4.78, 5) is 15.4. The molecule has 1 atom stereocenters. The van der Waals surface area contributed by atoms with Crippen molar-refractivity contribution in [1.82, 2.24) is 14.4 Å². The molecule has 8 nitrogen and oxygen atoms in total. The van der Waals surface area contributed by atoms with Gasteiger partial charge in [-0.05, 0) is 18.6 Å². The molecule has 4 N–H and O–H groups in total. The van der Waals surface area contributed by atoms with Crippen molar-refractivity contribution in [2.75, 3.05) is 19.6 Å². The molecule has 1 unspecified atom stereocenters. The van der Waals surface area contributed by atoms with Crippen LogP contribution in [-0.4, -0.2) is 58.1 Å². The monoisotopic (exact) mass is 301 g/mol. The molecular formula is C14H19N7O. The molecule has 1 fully saturated rings. The second-order valence-electron chi connectivity index (χ2n) is 5.12. The first-order valence-corrected chi connectivity index (χ1v) is 7.01. The Morgan fingerprint density at radius 1 is 1.55 bits per heavy atom. The number of nitrogens with one attached hydrogen (secondary N) is 2. The van der Waals surface area contributed by atoms with Crippen molar-refractivity contribution in [3.63, 3.8) is 0 Å². The molecule has 2 rings (SSSR count). The van der Waals surface area contributed by atoms with Gasteiger partial charge in [-0.3, -0.25) is 15.6 Å². The molecule has 0 saturated carbocycles. The molecule has 1 amide bonds. The highest BCUT2D eigenvalue weighted by Gasteiger charge is 2.27. The highest BCUT2D eigenvalue weighted by Crippen LogP contribution is 2.07. The van der Waals surface area contributed by atoms with E-state index in [9.17, 15) is 4.79 Å².